The normalized spacial score (nSPS) is 17.8. The van der Waals surface area contributed by atoms with Crippen LogP contribution in [0.15, 0.2) is 46.2 Å². The van der Waals surface area contributed by atoms with Gasteiger partial charge in [0.2, 0.25) is 17.5 Å². The first-order valence-electron chi connectivity index (χ1n) is 10.1. The highest BCUT2D eigenvalue weighted by Crippen LogP contribution is 2.41. The molecule has 2 aliphatic rings. The number of para-hydroxylation sites is 1. The number of benzene rings is 1. The molecule has 0 saturated heterocycles. The number of carbonyl (C=O) groups is 1. The van der Waals surface area contributed by atoms with Gasteiger partial charge in [0.25, 0.3) is 0 Å². The lowest BCUT2D eigenvalue weighted by Gasteiger charge is -2.37. The molecule has 3 heterocycles. The molecule has 9 heteroatoms. The van der Waals surface area contributed by atoms with E-state index in [-0.39, 0.29) is 5.91 Å². The van der Waals surface area contributed by atoms with Gasteiger partial charge >= 0.3 is 0 Å². The van der Waals surface area contributed by atoms with E-state index in [1.54, 1.807) is 13.1 Å². The molecule has 154 valence electrons. The van der Waals surface area contributed by atoms with Gasteiger partial charge in [-0.15, -0.1) is 10.2 Å². The van der Waals surface area contributed by atoms with Crippen LogP contribution in [0.3, 0.4) is 0 Å². The van der Waals surface area contributed by atoms with Crippen LogP contribution in [0.2, 0.25) is 0 Å². The summed E-state index contributed by atoms with van der Waals surface area (Å²) in [5.41, 5.74) is 1.75. The second kappa shape index (κ2) is 7.08. The second-order valence-electron chi connectivity index (χ2n) is 7.66. The molecule has 1 saturated carbocycles. The van der Waals surface area contributed by atoms with E-state index in [0.29, 0.717) is 28.6 Å². The minimum atomic E-state index is -0.720. The van der Waals surface area contributed by atoms with Crippen molar-refractivity contribution in [2.75, 3.05) is 0 Å². The van der Waals surface area contributed by atoms with Crippen molar-refractivity contribution in [3.05, 3.63) is 47.9 Å². The van der Waals surface area contributed by atoms with E-state index in [1.165, 1.54) is 16.7 Å². The lowest BCUT2D eigenvalue weighted by atomic mass is 9.91. The Morgan fingerprint density at radius 1 is 1.13 bits per heavy atom. The summed E-state index contributed by atoms with van der Waals surface area (Å²) in [6.07, 6.45) is 6.25. The smallest absolute Gasteiger partial charge is 0.247 e. The Balaban J connectivity index is 1.53. The average Bonchev–Trinajstić information content (AvgIpc) is 3.46. The van der Waals surface area contributed by atoms with Crippen LogP contribution in [-0.2, 0) is 9.53 Å². The molecule has 1 aliphatic carbocycles. The highest BCUT2D eigenvalue weighted by Gasteiger charge is 2.49. The Bertz CT molecular complexity index is 1110. The Kier molecular flexibility index (Phi) is 4.38. The quantitative estimate of drug-likeness (QED) is 0.661. The van der Waals surface area contributed by atoms with E-state index in [0.717, 1.165) is 37.8 Å². The van der Waals surface area contributed by atoms with Crippen LogP contribution >= 0.6 is 0 Å². The molecule has 1 spiro atoms. The van der Waals surface area contributed by atoms with Gasteiger partial charge in [-0.1, -0.05) is 29.8 Å². The second-order valence-corrected chi connectivity index (χ2v) is 7.66. The standard InChI is InChI=1S/C21H22N6O3/c1-14-18(20-24-26(15(2)28)21(29-20)11-7-4-8-12-21)19(25-30-14)17-13-22-27(23-17)16-9-5-3-6-10-16/h3,5-6,9-10,13H,4,7-8,11-12H2,1-2H3. The van der Waals surface area contributed by atoms with Gasteiger partial charge in [-0.25, -0.2) is 0 Å². The Morgan fingerprint density at radius 2 is 1.90 bits per heavy atom. The average molecular weight is 406 g/mol. The number of aryl methyl sites for hydroxylation is 1. The summed E-state index contributed by atoms with van der Waals surface area (Å²) in [5.74, 6) is 0.752. The number of amides is 1. The molecule has 5 rings (SSSR count). The van der Waals surface area contributed by atoms with Gasteiger partial charge in [0, 0.05) is 19.8 Å². The maximum absolute atomic E-state index is 12.3. The summed E-state index contributed by atoms with van der Waals surface area (Å²) < 4.78 is 11.8. The fourth-order valence-corrected chi connectivity index (χ4v) is 4.16. The van der Waals surface area contributed by atoms with E-state index >= 15 is 0 Å². The van der Waals surface area contributed by atoms with E-state index in [9.17, 15) is 4.79 Å². The lowest BCUT2D eigenvalue weighted by molar-refractivity contribution is -0.151. The highest BCUT2D eigenvalue weighted by molar-refractivity contribution is 6.02. The van der Waals surface area contributed by atoms with Gasteiger partial charge in [0.05, 0.1) is 11.9 Å². The Hall–Kier alpha value is -3.49. The van der Waals surface area contributed by atoms with Crippen LogP contribution in [0.5, 0.6) is 0 Å². The van der Waals surface area contributed by atoms with Crippen molar-refractivity contribution in [1.82, 2.24) is 25.2 Å². The summed E-state index contributed by atoms with van der Waals surface area (Å²) in [6.45, 7) is 3.31. The van der Waals surface area contributed by atoms with Crippen molar-refractivity contribution < 1.29 is 14.1 Å². The Labute approximate surface area is 173 Å². The fourth-order valence-electron chi connectivity index (χ4n) is 4.16. The number of nitrogens with zero attached hydrogens (tertiary/aromatic N) is 6. The molecule has 1 aromatic carbocycles. The van der Waals surface area contributed by atoms with E-state index in [4.69, 9.17) is 9.26 Å². The first-order valence-corrected chi connectivity index (χ1v) is 10.1. The van der Waals surface area contributed by atoms with Crippen molar-refractivity contribution in [2.24, 2.45) is 5.10 Å². The van der Waals surface area contributed by atoms with Crippen molar-refractivity contribution in [3.8, 4) is 17.1 Å². The van der Waals surface area contributed by atoms with Crippen LogP contribution in [0.25, 0.3) is 17.1 Å². The first kappa shape index (κ1) is 18.5. The monoisotopic (exact) mass is 406 g/mol. The molecule has 0 bridgehead atoms. The summed E-state index contributed by atoms with van der Waals surface area (Å²) in [6, 6.07) is 9.61. The number of carbonyl (C=O) groups excluding carboxylic acids is 1. The largest absolute Gasteiger partial charge is 0.447 e. The van der Waals surface area contributed by atoms with Crippen LogP contribution in [0.4, 0.5) is 0 Å². The topological polar surface area (TPSA) is 98.6 Å². The zero-order valence-corrected chi connectivity index (χ0v) is 16.9. The van der Waals surface area contributed by atoms with Gasteiger partial charge in [-0.05, 0) is 31.9 Å². The van der Waals surface area contributed by atoms with Gasteiger partial charge < -0.3 is 9.26 Å². The lowest BCUT2D eigenvalue weighted by Crippen LogP contribution is -2.48. The molecule has 0 atom stereocenters. The number of ether oxygens (including phenoxy) is 1. The minimum Gasteiger partial charge on any atom is -0.447 e. The van der Waals surface area contributed by atoms with E-state index < -0.39 is 5.72 Å². The fraction of sp³-hybridized carbons (Fsp3) is 0.381. The molecule has 1 amide bonds. The number of hydrogen-bond donors (Lipinski definition) is 0. The summed E-state index contributed by atoms with van der Waals surface area (Å²) >= 11 is 0. The molecule has 9 nitrogen and oxygen atoms in total. The number of rotatable bonds is 3. The molecular weight excluding hydrogens is 384 g/mol. The number of hydrazone groups is 1. The van der Waals surface area contributed by atoms with Crippen molar-refractivity contribution in [3.63, 3.8) is 0 Å². The predicted octanol–water partition coefficient (Wildman–Crippen LogP) is 3.43. The van der Waals surface area contributed by atoms with Gasteiger partial charge in [-0.2, -0.15) is 14.9 Å². The predicted molar refractivity (Wildman–Crippen MR) is 108 cm³/mol. The molecule has 0 unspecified atom stereocenters. The number of aromatic nitrogens is 4. The molecule has 3 aromatic rings. The molecule has 2 aromatic heterocycles. The van der Waals surface area contributed by atoms with Crippen LogP contribution < -0.4 is 0 Å². The maximum atomic E-state index is 12.3. The molecule has 1 fully saturated rings. The SMILES string of the molecule is CC(=O)N1N=C(c2c(-c3cnn(-c4ccccc4)n3)noc2C)OC12CCCCC2. The number of hydrogen-bond acceptors (Lipinski definition) is 7. The Morgan fingerprint density at radius 3 is 2.63 bits per heavy atom. The zero-order valence-electron chi connectivity index (χ0n) is 16.9. The van der Waals surface area contributed by atoms with E-state index in [2.05, 4.69) is 20.5 Å². The molecule has 0 N–H and O–H groups in total. The van der Waals surface area contributed by atoms with Crippen molar-refractivity contribution in [1.29, 1.82) is 0 Å². The van der Waals surface area contributed by atoms with Crippen LogP contribution in [0.1, 0.15) is 50.4 Å². The minimum absolute atomic E-state index is 0.141. The van der Waals surface area contributed by atoms with Gasteiger partial charge in [-0.3, -0.25) is 4.79 Å². The van der Waals surface area contributed by atoms with E-state index in [1.807, 2.05) is 30.3 Å². The summed E-state index contributed by atoms with van der Waals surface area (Å²) in [4.78, 5) is 13.8. The first-order chi connectivity index (χ1) is 14.6. The molecule has 30 heavy (non-hydrogen) atoms. The van der Waals surface area contributed by atoms with Crippen LogP contribution in [-0.4, -0.2) is 42.7 Å². The third kappa shape index (κ3) is 2.97. The molecular formula is C21H22N6O3. The molecule has 0 radical (unpaired) electrons. The van der Waals surface area contributed by atoms with Gasteiger partial charge in [0.15, 0.2) is 0 Å². The summed E-state index contributed by atoms with van der Waals surface area (Å²) in [7, 11) is 0. The zero-order chi connectivity index (χ0) is 20.7. The van der Waals surface area contributed by atoms with Gasteiger partial charge in [0.1, 0.15) is 22.7 Å². The van der Waals surface area contributed by atoms with Crippen molar-refractivity contribution >= 4 is 11.8 Å². The highest BCUT2D eigenvalue weighted by atomic mass is 16.6. The third-order valence-electron chi connectivity index (χ3n) is 5.59. The summed E-state index contributed by atoms with van der Waals surface area (Å²) in [5, 5.41) is 19.1. The molecule has 1 aliphatic heterocycles. The van der Waals surface area contributed by atoms with Crippen molar-refractivity contribution in [2.45, 2.75) is 51.7 Å². The third-order valence-corrected chi connectivity index (χ3v) is 5.59. The maximum Gasteiger partial charge on any atom is 0.247 e. The van der Waals surface area contributed by atoms with Crippen LogP contribution in [0, 0.1) is 6.92 Å².